The zero-order valence-electron chi connectivity index (χ0n) is 14.3. The number of aromatic nitrogens is 1. The highest BCUT2D eigenvalue weighted by Gasteiger charge is 2.06. The minimum atomic E-state index is -0.137. The van der Waals surface area contributed by atoms with Gasteiger partial charge in [0.2, 0.25) is 0 Å². The van der Waals surface area contributed by atoms with Gasteiger partial charge in [-0.05, 0) is 55.5 Å². The van der Waals surface area contributed by atoms with Crippen LogP contribution < -0.4 is 0 Å². The van der Waals surface area contributed by atoms with Crippen LogP contribution in [0.4, 0.5) is 0 Å². The zero-order chi connectivity index (χ0) is 17.6. The molecule has 0 aliphatic rings. The van der Waals surface area contributed by atoms with Crippen LogP contribution >= 0.6 is 11.6 Å². The van der Waals surface area contributed by atoms with Crippen LogP contribution in [0.2, 0.25) is 5.02 Å². The zero-order valence-corrected chi connectivity index (χ0v) is 15.1. The highest BCUT2D eigenvalue weighted by molar-refractivity contribution is 6.31. The minimum absolute atomic E-state index is 0.137. The molecule has 1 N–H and O–H groups in total. The van der Waals surface area contributed by atoms with Crippen molar-refractivity contribution in [2.45, 2.75) is 32.6 Å². The van der Waals surface area contributed by atoms with E-state index in [4.69, 9.17) is 16.3 Å². The van der Waals surface area contributed by atoms with E-state index in [0.29, 0.717) is 13.0 Å². The molecule has 130 valence electrons. The Morgan fingerprint density at radius 2 is 1.92 bits per heavy atom. The number of rotatable bonds is 7. The fourth-order valence-corrected chi connectivity index (χ4v) is 3.05. The standard InChI is InChI=1S/C21H22ClNO2/c1-15-4-6-16(7-5-15)8-11-21(24)25-12-2-3-17-14-23-20-10-9-18(22)13-19(17)20/h4-7,9-10,13-14,23H,2-3,8,11-12H2,1H3. The van der Waals surface area contributed by atoms with Gasteiger partial charge in [-0.1, -0.05) is 41.4 Å². The van der Waals surface area contributed by atoms with Gasteiger partial charge in [-0.25, -0.2) is 0 Å². The predicted molar refractivity (Wildman–Crippen MR) is 102 cm³/mol. The second kappa shape index (κ2) is 8.21. The number of ether oxygens (including phenoxy) is 1. The fourth-order valence-electron chi connectivity index (χ4n) is 2.88. The molecule has 0 saturated heterocycles. The maximum atomic E-state index is 11.9. The van der Waals surface area contributed by atoms with Crippen LogP contribution in [-0.2, 0) is 22.4 Å². The molecule has 4 heteroatoms. The minimum Gasteiger partial charge on any atom is -0.466 e. The number of aromatic amines is 1. The largest absolute Gasteiger partial charge is 0.466 e. The Morgan fingerprint density at radius 3 is 2.72 bits per heavy atom. The van der Waals surface area contributed by atoms with E-state index in [1.807, 2.05) is 24.4 Å². The maximum absolute atomic E-state index is 11.9. The first kappa shape index (κ1) is 17.6. The molecule has 2 aromatic carbocycles. The molecule has 0 spiro atoms. The highest BCUT2D eigenvalue weighted by Crippen LogP contribution is 2.23. The van der Waals surface area contributed by atoms with Gasteiger partial charge in [-0.15, -0.1) is 0 Å². The monoisotopic (exact) mass is 355 g/mol. The number of H-pyrrole nitrogens is 1. The molecule has 0 radical (unpaired) electrons. The fraction of sp³-hybridized carbons (Fsp3) is 0.286. The number of nitrogens with one attached hydrogen (secondary N) is 1. The van der Waals surface area contributed by atoms with Crippen LogP contribution in [-0.4, -0.2) is 17.6 Å². The molecular formula is C21H22ClNO2. The molecule has 0 unspecified atom stereocenters. The molecule has 3 nitrogen and oxygen atoms in total. The van der Waals surface area contributed by atoms with Crippen LogP contribution in [0.3, 0.4) is 0 Å². The molecule has 25 heavy (non-hydrogen) atoms. The second-order valence-electron chi connectivity index (χ2n) is 6.31. The van der Waals surface area contributed by atoms with Crippen molar-refractivity contribution in [2.75, 3.05) is 6.61 Å². The number of hydrogen-bond donors (Lipinski definition) is 1. The number of esters is 1. The topological polar surface area (TPSA) is 42.1 Å². The number of aryl methyl sites for hydroxylation is 3. The first-order chi connectivity index (χ1) is 12.1. The van der Waals surface area contributed by atoms with Gasteiger partial charge in [0, 0.05) is 28.5 Å². The summed E-state index contributed by atoms with van der Waals surface area (Å²) in [5, 5.41) is 1.87. The lowest BCUT2D eigenvalue weighted by molar-refractivity contribution is -0.143. The van der Waals surface area contributed by atoms with Crippen molar-refractivity contribution in [2.24, 2.45) is 0 Å². The molecule has 1 heterocycles. The van der Waals surface area contributed by atoms with Gasteiger partial charge in [-0.2, -0.15) is 0 Å². The van der Waals surface area contributed by atoms with Crippen LogP contribution in [0.15, 0.2) is 48.7 Å². The molecule has 0 aliphatic carbocycles. The molecule has 0 fully saturated rings. The lowest BCUT2D eigenvalue weighted by Crippen LogP contribution is -2.07. The number of hydrogen-bond acceptors (Lipinski definition) is 2. The summed E-state index contributed by atoms with van der Waals surface area (Å²) in [6, 6.07) is 14.1. The smallest absolute Gasteiger partial charge is 0.306 e. The van der Waals surface area contributed by atoms with Crippen molar-refractivity contribution in [3.05, 3.63) is 70.4 Å². The van der Waals surface area contributed by atoms with E-state index >= 15 is 0 Å². The Hall–Kier alpha value is -2.26. The van der Waals surface area contributed by atoms with E-state index in [0.717, 1.165) is 35.2 Å². The van der Waals surface area contributed by atoms with E-state index in [1.165, 1.54) is 16.7 Å². The average molecular weight is 356 g/mol. The molecule has 1 aromatic heterocycles. The van der Waals surface area contributed by atoms with Gasteiger partial charge in [0.15, 0.2) is 0 Å². The Kier molecular flexibility index (Phi) is 5.77. The van der Waals surface area contributed by atoms with Gasteiger partial charge >= 0.3 is 5.97 Å². The highest BCUT2D eigenvalue weighted by atomic mass is 35.5. The third kappa shape index (κ3) is 4.86. The summed E-state index contributed by atoms with van der Waals surface area (Å²) in [7, 11) is 0. The van der Waals surface area contributed by atoms with E-state index < -0.39 is 0 Å². The summed E-state index contributed by atoms with van der Waals surface area (Å²) in [6.07, 6.45) is 4.80. The summed E-state index contributed by atoms with van der Waals surface area (Å²) >= 11 is 6.06. The maximum Gasteiger partial charge on any atom is 0.306 e. The normalized spacial score (nSPS) is 11.0. The van der Waals surface area contributed by atoms with Gasteiger partial charge in [-0.3, -0.25) is 4.79 Å². The van der Waals surface area contributed by atoms with E-state index in [9.17, 15) is 4.79 Å². The molecule has 0 saturated carbocycles. The van der Waals surface area contributed by atoms with Gasteiger partial charge in [0.05, 0.1) is 6.61 Å². The SMILES string of the molecule is Cc1ccc(CCC(=O)OCCCc2c[nH]c3ccc(Cl)cc23)cc1. The number of benzene rings is 2. The van der Waals surface area contributed by atoms with E-state index in [1.54, 1.807) is 0 Å². The van der Waals surface area contributed by atoms with Crippen LogP contribution in [0.1, 0.15) is 29.5 Å². The lowest BCUT2D eigenvalue weighted by Gasteiger charge is -2.05. The van der Waals surface area contributed by atoms with E-state index in [2.05, 4.69) is 36.2 Å². The number of carbonyl (C=O) groups excluding carboxylic acids is 1. The summed E-state index contributed by atoms with van der Waals surface area (Å²) in [5.74, 6) is -0.137. The Morgan fingerprint density at radius 1 is 1.12 bits per heavy atom. The molecule has 0 aliphatic heterocycles. The first-order valence-electron chi connectivity index (χ1n) is 8.58. The Balaban J connectivity index is 1.41. The van der Waals surface area contributed by atoms with Crippen LogP contribution in [0.25, 0.3) is 10.9 Å². The van der Waals surface area contributed by atoms with Crippen molar-refractivity contribution in [3.8, 4) is 0 Å². The predicted octanol–water partition coefficient (Wildman–Crippen LogP) is 5.24. The van der Waals surface area contributed by atoms with Gasteiger partial charge in [0.1, 0.15) is 0 Å². The number of halogens is 1. The molecular weight excluding hydrogens is 334 g/mol. The molecule has 0 amide bonds. The molecule has 0 atom stereocenters. The summed E-state index contributed by atoms with van der Waals surface area (Å²) in [6.45, 7) is 2.50. The third-order valence-corrected chi connectivity index (χ3v) is 4.56. The van der Waals surface area contributed by atoms with Crippen molar-refractivity contribution in [1.29, 1.82) is 0 Å². The summed E-state index contributed by atoms with van der Waals surface area (Å²) in [4.78, 5) is 15.1. The summed E-state index contributed by atoms with van der Waals surface area (Å²) in [5.41, 5.74) is 4.67. The first-order valence-corrected chi connectivity index (χ1v) is 8.96. The lowest BCUT2D eigenvalue weighted by atomic mass is 10.1. The summed E-state index contributed by atoms with van der Waals surface area (Å²) < 4.78 is 5.35. The van der Waals surface area contributed by atoms with Crippen molar-refractivity contribution >= 4 is 28.5 Å². The number of fused-ring (bicyclic) bond motifs is 1. The Bertz CT molecular complexity index is 852. The molecule has 3 aromatic rings. The second-order valence-corrected chi connectivity index (χ2v) is 6.75. The third-order valence-electron chi connectivity index (χ3n) is 4.32. The van der Waals surface area contributed by atoms with Crippen molar-refractivity contribution in [3.63, 3.8) is 0 Å². The van der Waals surface area contributed by atoms with Crippen molar-refractivity contribution < 1.29 is 9.53 Å². The average Bonchev–Trinajstić information content (AvgIpc) is 3.00. The van der Waals surface area contributed by atoms with Crippen molar-refractivity contribution in [1.82, 2.24) is 4.98 Å². The molecule has 0 bridgehead atoms. The Labute approximate surface area is 153 Å². The quantitative estimate of drug-likeness (QED) is 0.465. The van der Waals surface area contributed by atoms with Crippen LogP contribution in [0.5, 0.6) is 0 Å². The number of carbonyl (C=O) groups is 1. The van der Waals surface area contributed by atoms with Gasteiger partial charge < -0.3 is 9.72 Å². The van der Waals surface area contributed by atoms with Gasteiger partial charge in [0.25, 0.3) is 0 Å². The molecule has 3 rings (SSSR count). The van der Waals surface area contributed by atoms with E-state index in [-0.39, 0.29) is 5.97 Å². The van der Waals surface area contributed by atoms with Crippen LogP contribution in [0, 0.1) is 6.92 Å².